The lowest BCUT2D eigenvalue weighted by Gasteiger charge is -2.16. The molecule has 16 heavy (non-hydrogen) atoms. The van der Waals surface area contributed by atoms with E-state index in [1.165, 1.54) is 5.56 Å². The number of aryl methyl sites for hydroxylation is 1. The molecule has 1 N–H and O–H groups in total. The van der Waals surface area contributed by atoms with E-state index in [2.05, 4.69) is 0 Å². The van der Waals surface area contributed by atoms with Gasteiger partial charge in [0, 0.05) is 12.3 Å². The molecule has 0 aliphatic rings. The van der Waals surface area contributed by atoms with Crippen molar-refractivity contribution in [2.45, 2.75) is 39.2 Å². The van der Waals surface area contributed by atoms with E-state index in [1.807, 2.05) is 44.2 Å². The number of benzene rings is 1. The Morgan fingerprint density at radius 2 is 1.94 bits per heavy atom. The van der Waals surface area contributed by atoms with Crippen LogP contribution in [0.5, 0.6) is 0 Å². The van der Waals surface area contributed by atoms with E-state index in [0.29, 0.717) is 12.8 Å². The fourth-order valence-electron chi connectivity index (χ4n) is 1.75. The zero-order chi connectivity index (χ0) is 12.0. The van der Waals surface area contributed by atoms with E-state index in [0.717, 1.165) is 6.42 Å². The molecule has 2 heteroatoms. The maximum atomic E-state index is 11.4. The summed E-state index contributed by atoms with van der Waals surface area (Å²) in [4.78, 5) is 11.4. The van der Waals surface area contributed by atoms with Crippen LogP contribution in [-0.4, -0.2) is 17.0 Å². The number of rotatable bonds is 6. The van der Waals surface area contributed by atoms with Crippen molar-refractivity contribution in [3.8, 4) is 0 Å². The van der Waals surface area contributed by atoms with Gasteiger partial charge >= 0.3 is 0 Å². The highest BCUT2D eigenvalue weighted by atomic mass is 16.3. The fourth-order valence-corrected chi connectivity index (χ4v) is 1.75. The third kappa shape index (κ3) is 3.78. The van der Waals surface area contributed by atoms with Gasteiger partial charge in [-0.25, -0.2) is 0 Å². The first-order valence-corrected chi connectivity index (χ1v) is 5.89. The lowest BCUT2D eigenvalue weighted by atomic mass is 9.93. The van der Waals surface area contributed by atoms with E-state index in [-0.39, 0.29) is 11.7 Å². The molecule has 0 bridgehead atoms. The molecule has 0 heterocycles. The van der Waals surface area contributed by atoms with E-state index >= 15 is 0 Å². The third-order valence-electron chi connectivity index (χ3n) is 3.01. The monoisotopic (exact) mass is 220 g/mol. The Morgan fingerprint density at radius 3 is 2.50 bits per heavy atom. The van der Waals surface area contributed by atoms with Crippen molar-refractivity contribution in [2.75, 3.05) is 0 Å². The zero-order valence-electron chi connectivity index (χ0n) is 10.0. The number of carbonyl (C=O) groups is 1. The zero-order valence-corrected chi connectivity index (χ0v) is 10.0. The number of hydrogen-bond donors (Lipinski definition) is 1. The first kappa shape index (κ1) is 12.9. The highest BCUT2D eigenvalue weighted by molar-refractivity contribution is 5.80. The Labute approximate surface area is 97.3 Å². The van der Waals surface area contributed by atoms with Crippen LogP contribution in [0.15, 0.2) is 30.3 Å². The summed E-state index contributed by atoms with van der Waals surface area (Å²) >= 11 is 0. The Balaban J connectivity index is 2.41. The van der Waals surface area contributed by atoms with Gasteiger partial charge in [0.15, 0.2) is 0 Å². The van der Waals surface area contributed by atoms with Gasteiger partial charge in [-0.15, -0.1) is 0 Å². The molecular formula is C14H20O2. The summed E-state index contributed by atoms with van der Waals surface area (Å²) in [6.45, 7) is 3.64. The van der Waals surface area contributed by atoms with E-state index in [9.17, 15) is 9.90 Å². The molecule has 88 valence electrons. The predicted molar refractivity (Wildman–Crippen MR) is 65.2 cm³/mol. The van der Waals surface area contributed by atoms with Crippen molar-refractivity contribution in [1.29, 1.82) is 0 Å². The summed E-state index contributed by atoms with van der Waals surface area (Å²) < 4.78 is 0. The molecule has 1 aromatic rings. The maximum Gasteiger partial charge on any atom is 0.138 e. The first-order valence-electron chi connectivity index (χ1n) is 5.89. The van der Waals surface area contributed by atoms with Crippen molar-refractivity contribution in [1.82, 2.24) is 0 Å². The van der Waals surface area contributed by atoms with Crippen LogP contribution in [0, 0.1) is 5.92 Å². The molecule has 0 radical (unpaired) electrons. The van der Waals surface area contributed by atoms with Crippen LogP contribution < -0.4 is 0 Å². The van der Waals surface area contributed by atoms with Gasteiger partial charge in [0.25, 0.3) is 0 Å². The Bertz CT molecular complexity index is 319. The fraction of sp³-hybridized carbons (Fsp3) is 0.500. The Hall–Kier alpha value is -1.15. The van der Waals surface area contributed by atoms with E-state index < -0.39 is 6.10 Å². The summed E-state index contributed by atoms with van der Waals surface area (Å²) in [5, 5.41) is 9.86. The Morgan fingerprint density at radius 1 is 1.31 bits per heavy atom. The lowest BCUT2D eigenvalue weighted by molar-refractivity contribution is -0.125. The van der Waals surface area contributed by atoms with Gasteiger partial charge in [0.1, 0.15) is 5.78 Å². The van der Waals surface area contributed by atoms with Gasteiger partial charge in [0.2, 0.25) is 0 Å². The molecule has 0 aliphatic heterocycles. The molecule has 0 saturated carbocycles. The molecule has 2 nitrogen and oxygen atoms in total. The van der Waals surface area contributed by atoms with E-state index in [4.69, 9.17) is 0 Å². The molecule has 0 aliphatic carbocycles. The predicted octanol–water partition coefficient (Wildman–Crippen LogP) is 2.60. The highest BCUT2D eigenvalue weighted by Crippen LogP contribution is 2.13. The summed E-state index contributed by atoms with van der Waals surface area (Å²) in [5.74, 6) is -0.103. The van der Waals surface area contributed by atoms with Crippen molar-refractivity contribution in [3.63, 3.8) is 0 Å². The van der Waals surface area contributed by atoms with Crippen LogP contribution in [0.25, 0.3) is 0 Å². The maximum absolute atomic E-state index is 11.4. The molecular weight excluding hydrogens is 200 g/mol. The van der Waals surface area contributed by atoms with Crippen molar-refractivity contribution in [2.24, 2.45) is 5.92 Å². The average Bonchev–Trinajstić information content (AvgIpc) is 2.35. The lowest BCUT2D eigenvalue weighted by Crippen LogP contribution is -2.25. The minimum atomic E-state index is -0.521. The van der Waals surface area contributed by atoms with Gasteiger partial charge in [-0.2, -0.15) is 0 Å². The smallest absolute Gasteiger partial charge is 0.138 e. The van der Waals surface area contributed by atoms with Gasteiger partial charge in [-0.3, -0.25) is 4.79 Å². The van der Waals surface area contributed by atoms with Gasteiger partial charge in [-0.1, -0.05) is 44.2 Å². The van der Waals surface area contributed by atoms with Gasteiger partial charge < -0.3 is 5.11 Å². The van der Waals surface area contributed by atoms with Crippen molar-refractivity contribution in [3.05, 3.63) is 35.9 Å². The second-order valence-corrected chi connectivity index (χ2v) is 4.20. The molecule has 0 spiro atoms. The normalized spacial score (nSPS) is 14.4. The molecule has 2 atom stereocenters. The SMILES string of the molecule is CCC(=O)[C@@H](C)[C@H](O)CCc1ccccc1. The van der Waals surface area contributed by atoms with Gasteiger partial charge in [0.05, 0.1) is 6.10 Å². The number of ketones is 1. The van der Waals surface area contributed by atoms with Gasteiger partial charge in [-0.05, 0) is 18.4 Å². The first-order chi connectivity index (χ1) is 7.65. The largest absolute Gasteiger partial charge is 0.392 e. The summed E-state index contributed by atoms with van der Waals surface area (Å²) in [7, 11) is 0. The van der Waals surface area contributed by atoms with Crippen LogP contribution in [-0.2, 0) is 11.2 Å². The van der Waals surface area contributed by atoms with Crippen LogP contribution in [0.1, 0.15) is 32.3 Å². The molecule has 0 fully saturated rings. The summed E-state index contributed by atoms with van der Waals surface area (Å²) in [6.07, 6.45) is 1.46. The molecule has 0 amide bonds. The second-order valence-electron chi connectivity index (χ2n) is 4.20. The number of Topliss-reactive ketones (excluding diaryl/α,β-unsaturated/α-hetero) is 1. The molecule has 0 aromatic heterocycles. The second kappa shape index (κ2) is 6.44. The number of aliphatic hydroxyl groups excluding tert-OH is 1. The minimum Gasteiger partial charge on any atom is -0.392 e. The average molecular weight is 220 g/mol. The summed E-state index contributed by atoms with van der Waals surface area (Å²) in [6, 6.07) is 10.0. The standard InChI is InChI=1S/C14H20O2/c1-3-13(15)11(2)14(16)10-9-12-7-5-4-6-8-12/h4-8,11,14,16H,3,9-10H2,1-2H3/t11-,14-/m1/s1. The number of carbonyl (C=O) groups excluding carboxylic acids is 1. The van der Waals surface area contributed by atoms with Crippen molar-refractivity contribution >= 4 is 5.78 Å². The number of aliphatic hydroxyl groups is 1. The molecule has 0 unspecified atom stereocenters. The van der Waals surface area contributed by atoms with Crippen LogP contribution in [0.2, 0.25) is 0 Å². The third-order valence-corrected chi connectivity index (χ3v) is 3.01. The minimum absolute atomic E-state index is 0.139. The van der Waals surface area contributed by atoms with E-state index in [1.54, 1.807) is 0 Å². The summed E-state index contributed by atoms with van der Waals surface area (Å²) in [5.41, 5.74) is 1.21. The highest BCUT2D eigenvalue weighted by Gasteiger charge is 2.19. The quantitative estimate of drug-likeness (QED) is 0.800. The van der Waals surface area contributed by atoms with Crippen LogP contribution >= 0.6 is 0 Å². The topological polar surface area (TPSA) is 37.3 Å². The molecule has 1 rings (SSSR count). The van der Waals surface area contributed by atoms with Crippen LogP contribution in [0.4, 0.5) is 0 Å². The number of hydrogen-bond acceptors (Lipinski definition) is 2. The molecule has 1 aromatic carbocycles. The molecule has 0 saturated heterocycles. The Kier molecular flexibility index (Phi) is 5.20. The van der Waals surface area contributed by atoms with Crippen LogP contribution in [0.3, 0.4) is 0 Å². The van der Waals surface area contributed by atoms with Crippen molar-refractivity contribution < 1.29 is 9.90 Å².